The molecule has 1 saturated carbocycles. The highest BCUT2D eigenvalue weighted by Crippen LogP contribution is 2.28. The van der Waals surface area contributed by atoms with Gasteiger partial charge in [-0.15, -0.1) is 0 Å². The molecule has 0 bridgehead atoms. The molecule has 0 spiro atoms. The average molecular weight is 338 g/mol. The highest BCUT2D eigenvalue weighted by molar-refractivity contribution is 9.10. The minimum Gasteiger partial charge on any atom is -0.384 e. The molecular weight excluding hydrogens is 318 g/mol. The second-order valence-electron chi connectivity index (χ2n) is 5.70. The Hall–Kier alpha value is -1.23. The van der Waals surface area contributed by atoms with E-state index < -0.39 is 0 Å². The van der Waals surface area contributed by atoms with Crippen LogP contribution in [0.15, 0.2) is 21.4 Å². The molecule has 20 heavy (non-hydrogen) atoms. The number of fused-ring (bicyclic) bond motifs is 1. The second kappa shape index (κ2) is 6.04. The molecule has 0 unspecified atom stereocenters. The van der Waals surface area contributed by atoms with E-state index in [2.05, 4.69) is 31.2 Å². The van der Waals surface area contributed by atoms with Crippen molar-refractivity contribution in [1.82, 2.24) is 9.97 Å². The Morgan fingerprint density at radius 3 is 2.45 bits per heavy atom. The Balaban J connectivity index is 1.72. The number of aromatic amines is 2. The van der Waals surface area contributed by atoms with Crippen molar-refractivity contribution in [2.75, 3.05) is 11.9 Å². The molecule has 1 aromatic carbocycles. The van der Waals surface area contributed by atoms with Crippen LogP contribution in [0.1, 0.15) is 38.5 Å². The molecule has 1 aliphatic carbocycles. The van der Waals surface area contributed by atoms with Gasteiger partial charge in [0, 0.05) is 11.0 Å². The molecule has 2 aromatic rings. The van der Waals surface area contributed by atoms with Gasteiger partial charge in [0.2, 0.25) is 0 Å². The molecule has 1 heterocycles. The van der Waals surface area contributed by atoms with Crippen molar-refractivity contribution in [2.45, 2.75) is 38.5 Å². The zero-order valence-corrected chi connectivity index (χ0v) is 13.1. The summed E-state index contributed by atoms with van der Waals surface area (Å²) in [7, 11) is 0. The van der Waals surface area contributed by atoms with Gasteiger partial charge in [0.15, 0.2) is 0 Å². The number of rotatable bonds is 3. The van der Waals surface area contributed by atoms with E-state index in [0.717, 1.165) is 33.7 Å². The molecule has 3 N–H and O–H groups in total. The average Bonchev–Trinajstić information content (AvgIpc) is 2.64. The van der Waals surface area contributed by atoms with E-state index in [-0.39, 0.29) is 5.69 Å². The molecule has 0 saturated heterocycles. The number of aromatic nitrogens is 2. The third-order valence-corrected chi connectivity index (χ3v) is 4.82. The van der Waals surface area contributed by atoms with Crippen LogP contribution in [0.2, 0.25) is 0 Å². The van der Waals surface area contributed by atoms with Crippen LogP contribution in [0, 0.1) is 5.92 Å². The van der Waals surface area contributed by atoms with Crippen LogP contribution in [0.25, 0.3) is 11.0 Å². The van der Waals surface area contributed by atoms with Crippen LogP contribution in [-0.2, 0) is 0 Å². The lowest BCUT2D eigenvalue weighted by Crippen LogP contribution is -2.13. The zero-order valence-electron chi connectivity index (χ0n) is 11.5. The number of anilines is 1. The second-order valence-corrected chi connectivity index (χ2v) is 6.55. The van der Waals surface area contributed by atoms with Crippen molar-refractivity contribution < 1.29 is 0 Å². The Kier molecular flexibility index (Phi) is 4.15. The lowest BCUT2D eigenvalue weighted by atomic mass is 10.0. The van der Waals surface area contributed by atoms with Crippen molar-refractivity contribution in [3.05, 3.63) is 27.1 Å². The Morgan fingerprint density at radius 2 is 1.75 bits per heavy atom. The van der Waals surface area contributed by atoms with E-state index in [9.17, 15) is 4.79 Å². The lowest BCUT2D eigenvalue weighted by Gasteiger charge is -2.16. The molecule has 108 valence electrons. The van der Waals surface area contributed by atoms with Crippen LogP contribution in [0.5, 0.6) is 0 Å². The van der Waals surface area contributed by atoms with Crippen molar-refractivity contribution in [1.29, 1.82) is 0 Å². The smallest absolute Gasteiger partial charge is 0.323 e. The van der Waals surface area contributed by atoms with Gasteiger partial charge in [-0.3, -0.25) is 0 Å². The van der Waals surface area contributed by atoms with Crippen LogP contribution in [-0.4, -0.2) is 16.5 Å². The number of imidazole rings is 1. The number of H-pyrrole nitrogens is 2. The first-order valence-corrected chi connectivity index (χ1v) is 8.17. The van der Waals surface area contributed by atoms with Crippen LogP contribution < -0.4 is 11.0 Å². The van der Waals surface area contributed by atoms with Gasteiger partial charge >= 0.3 is 5.69 Å². The number of benzene rings is 1. The van der Waals surface area contributed by atoms with Gasteiger partial charge in [0.1, 0.15) is 0 Å². The largest absolute Gasteiger partial charge is 0.384 e. The fourth-order valence-corrected chi connectivity index (χ4v) is 3.50. The summed E-state index contributed by atoms with van der Waals surface area (Å²) >= 11 is 3.57. The van der Waals surface area contributed by atoms with Gasteiger partial charge < -0.3 is 15.3 Å². The molecule has 0 atom stereocenters. The number of halogens is 1. The summed E-state index contributed by atoms with van der Waals surface area (Å²) < 4.78 is 0.994. The highest BCUT2D eigenvalue weighted by Gasteiger charge is 2.13. The van der Waals surface area contributed by atoms with Crippen molar-refractivity contribution in [3.63, 3.8) is 0 Å². The molecular formula is C15H20BrN3O. The third kappa shape index (κ3) is 3.08. The van der Waals surface area contributed by atoms with E-state index in [1.54, 1.807) is 0 Å². The maximum Gasteiger partial charge on any atom is 0.323 e. The van der Waals surface area contributed by atoms with E-state index >= 15 is 0 Å². The van der Waals surface area contributed by atoms with Crippen LogP contribution in [0.4, 0.5) is 5.69 Å². The maximum atomic E-state index is 11.3. The van der Waals surface area contributed by atoms with E-state index in [0.29, 0.717) is 0 Å². The van der Waals surface area contributed by atoms with E-state index in [4.69, 9.17) is 0 Å². The maximum absolute atomic E-state index is 11.3. The van der Waals surface area contributed by atoms with Crippen molar-refractivity contribution in [3.8, 4) is 0 Å². The predicted octanol–water partition coefficient (Wildman–Crippen LogP) is 4.00. The summed E-state index contributed by atoms with van der Waals surface area (Å²) in [4.78, 5) is 16.9. The van der Waals surface area contributed by atoms with Gasteiger partial charge in [-0.05, 0) is 46.8 Å². The number of hydrogen-bond acceptors (Lipinski definition) is 2. The summed E-state index contributed by atoms with van der Waals surface area (Å²) in [6.45, 7) is 1.01. The van der Waals surface area contributed by atoms with Gasteiger partial charge in [-0.2, -0.15) is 0 Å². The zero-order chi connectivity index (χ0) is 13.9. The minimum atomic E-state index is -0.159. The van der Waals surface area contributed by atoms with Crippen LogP contribution in [0.3, 0.4) is 0 Å². The summed E-state index contributed by atoms with van der Waals surface area (Å²) in [5.41, 5.74) is 2.58. The highest BCUT2D eigenvalue weighted by atomic mass is 79.9. The molecule has 5 heteroatoms. The Labute approximate surface area is 126 Å². The first kappa shape index (κ1) is 13.7. The Morgan fingerprint density at radius 1 is 1.10 bits per heavy atom. The van der Waals surface area contributed by atoms with Crippen LogP contribution >= 0.6 is 15.9 Å². The summed E-state index contributed by atoms with van der Waals surface area (Å²) in [6, 6.07) is 3.94. The molecule has 3 rings (SSSR count). The molecule has 4 nitrogen and oxygen atoms in total. The monoisotopic (exact) mass is 337 g/mol. The summed E-state index contributed by atoms with van der Waals surface area (Å²) in [5.74, 6) is 0.769. The standard InChI is InChI=1S/C15H20BrN3O/c16-11-7-13-14(19-15(20)18-13)8-12(11)17-9-10-5-3-1-2-4-6-10/h7-8,10,17H,1-6,9H2,(H2,18,19,20). The van der Waals surface area contributed by atoms with Gasteiger partial charge in [0.25, 0.3) is 0 Å². The van der Waals surface area contributed by atoms with Gasteiger partial charge in [-0.1, -0.05) is 25.7 Å². The molecule has 1 aliphatic rings. The molecule has 0 radical (unpaired) electrons. The van der Waals surface area contributed by atoms with Crippen molar-refractivity contribution >= 4 is 32.7 Å². The lowest BCUT2D eigenvalue weighted by molar-refractivity contribution is 0.483. The third-order valence-electron chi connectivity index (χ3n) is 4.16. The Bertz CT molecular complexity index is 638. The molecule has 1 aromatic heterocycles. The number of nitrogens with one attached hydrogen (secondary N) is 3. The molecule has 0 amide bonds. The normalized spacial score (nSPS) is 17.2. The summed E-state index contributed by atoms with van der Waals surface area (Å²) in [5, 5.41) is 3.53. The van der Waals surface area contributed by atoms with Gasteiger partial charge in [0.05, 0.1) is 16.7 Å². The SMILES string of the molecule is O=c1[nH]c2cc(Br)c(NCC3CCCCCC3)cc2[nH]1. The quantitative estimate of drug-likeness (QED) is 0.741. The first-order chi connectivity index (χ1) is 9.72. The molecule has 0 aliphatic heterocycles. The topological polar surface area (TPSA) is 60.7 Å². The predicted molar refractivity (Wildman–Crippen MR) is 86.3 cm³/mol. The molecule has 1 fully saturated rings. The minimum absolute atomic E-state index is 0.159. The van der Waals surface area contributed by atoms with E-state index in [1.165, 1.54) is 38.5 Å². The van der Waals surface area contributed by atoms with Gasteiger partial charge in [-0.25, -0.2) is 4.79 Å². The fraction of sp³-hybridized carbons (Fsp3) is 0.533. The van der Waals surface area contributed by atoms with Crippen molar-refractivity contribution in [2.24, 2.45) is 5.92 Å². The fourth-order valence-electron chi connectivity index (χ4n) is 3.01. The van der Waals surface area contributed by atoms with E-state index in [1.807, 2.05) is 12.1 Å². The first-order valence-electron chi connectivity index (χ1n) is 7.38. The summed E-state index contributed by atoms with van der Waals surface area (Å²) in [6.07, 6.45) is 8.14. The number of hydrogen-bond donors (Lipinski definition) is 3.